The lowest BCUT2D eigenvalue weighted by Crippen LogP contribution is -2.66. The average molecular weight is 426 g/mol. The third-order valence-corrected chi connectivity index (χ3v) is 6.86. The summed E-state index contributed by atoms with van der Waals surface area (Å²) in [7, 11) is 0. The Bertz CT molecular complexity index is 715. The number of amides is 2. The molecule has 0 unspecified atom stereocenters. The van der Waals surface area contributed by atoms with Crippen LogP contribution in [0, 0.1) is 11.8 Å². The summed E-state index contributed by atoms with van der Waals surface area (Å²) in [6.45, 7) is 2.51. The average Bonchev–Trinajstić information content (AvgIpc) is 2.68. The van der Waals surface area contributed by atoms with E-state index in [9.17, 15) is 9.59 Å². The maximum atomic E-state index is 12.6. The van der Waals surface area contributed by atoms with E-state index in [1.807, 2.05) is 24.3 Å². The number of hydrogen-bond donors (Lipinski definition) is 2. The van der Waals surface area contributed by atoms with Gasteiger partial charge in [0.2, 0.25) is 11.8 Å². The van der Waals surface area contributed by atoms with Crippen molar-refractivity contribution in [2.75, 3.05) is 19.6 Å². The van der Waals surface area contributed by atoms with Gasteiger partial charge in [0.15, 0.2) is 0 Å². The van der Waals surface area contributed by atoms with Gasteiger partial charge in [-0.25, -0.2) is 0 Å². The van der Waals surface area contributed by atoms with Gasteiger partial charge in [0.1, 0.15) is 0 Å². The lowest BCUT2D eigenvalue weighted by atomic mass is 9.72. The SMILES string of the molecule is Cl.O=C(CCc1ccccc1Cl)NC[C@H]1[C@@H]2CNC[C@@H](C2)[C@@H]2CCCC(=O)N21. The van der Waals surface area contributed by atoms with Crippen molar-refractivity contribution in [1.29, 1.82) is 0 Å². The first kappa shape index (κ1) is 21.4. The number of nitrogens with one attached hydrogen (secondary N) is 2. The number of carbonyl (C=O) groups is 2. The fourth-order valence-electron chi connectivity index (χ4n) is 5.15. The fraction of sp³-hybridized carbons (Fsp3) is 0.619. The molecule has 2 bridgehead atoms. The van der Waals surface area contributed by atoms with Crippen LogP contribution in [0.5, 0.6) is 0 Å². The van der Waals surface area contributed by atoms with Crippen molar-refractivity contribution in [2.24, 2.45) is 11.8 Å². The third-order valence-electron chi connectivity index (χ3n) is 6.49. The smallest absolute Gasteiger partial charge is 0.223 e. The van der Waals surface area contributed by atoms with Crippen LogP contribution in [0.4, 0.5) is 0 Å². The number of carbonyl (C=O) groups excluding carboxylic acids is 2. The molecule has 0 radical (unpaired) electrons. The Morgan fingerprint density at radius 3 is 2.86 bits per heavy atom. The summed E-state index contributed by atoms with van der Waals surface area (Å²) in [5.74, 6) is 1.31. The minimum atomic E-state index is 0. The molecule has 3 aliphatic heterocycles. The van der Waals surface area contributed by atoms with Crippen molar-refractivity contribution in [3.63, 3.8) is 0 Å². The van der Waals surface area contributed by atoms with Gasteiger partial charge in [-0.2, -0.15) is 0 Å². The van der Waals surface area contributed by atoms with E-state index in [-0.39, 0.29) is 30.3 Å². The van der Waals surface area contributed by atoms with Crippen molar-refractivity contribution in [3.8, 4) is 0 Å². The summed E-state index contributed by atoms with van der Waals surface area (Å²) in [6, 6.07) is 8.12. The summed E-state index contributed by atoms with van der Waals surface area (Å²) in [6.07, 6.45) is 4.97. The zero-order valence-corrected chi connectivity index (χ0v) is 17.6. The highest BCUT2D eigenvalue weighted by atomic mass is 35.5. The predicted molar refractivity (Wildman–Crippen MR) is 113 cm³/mol. The summed E-state index contributed by atoms with van der Waals surface area (Å²) in [5.41, 5.74) is 0.998. The predicted octanol–water partition coefficient (Wildman–Crippen LogP) is 2.80. The minimum Gasteiger partial charge on any atom is -0.354 e. The minimum absolute atomic E-state index is 0. The molecule has 154 valence electrons. The monoisotopic (exact) mass is 425 g/mol. The van der Waals surface area contributed by atoms with Crippen molar-refractivity contribution >= 4 is 35.8 Å². The normalized spacial score (nSPS) is 28.9. The van der Waals surface area contributed by atoms with Gasteiger partial charge in [-0.05, 0) is 55.7 Å². The molecule has 0 aliphatic carbocycles. The van der Waals surface area contributed by atoms with E-state index in [0.717, 1.165) is 31.5 Å². The molecule has 4 rings (SSSR count). The van der Waals surface area contributed by atoms with Crippen LogP contribution in [0.1, 0.15) is 37.7 Å². The molecule has 3 saturated heterocycles. The van der Waals surface area contributed by atoms with Gasteiger partial charge in [0.05, 0.1) is 6.04 Å². The highest BCUT2D eigenvalue weighted by Crippen LogP contribution is 2.39. The molecule has 28 heavy (non-hydrogen) atoms. The van der Waals surface area contributed by atoms with Crippen molar-refractivity contribution < 1.29 is 9.59 Å². The Morgan fingerprint density at radius 1 is 1.25 bits per heavy atom. The molecule has 3 heterocycles. The van der Waals surface area contributed by atoms with Crippen LogP contribution in [0.3, 0.4) is 0 Å². The molecule has 2 N–H and O–H groups in total. The highest BCUT2D eigenvalue weighted by molar-refractivity contribution is 6.31. The number of hydrogen-bond acceptors (Lipinski definition) is 3. The molecule has 7 heteroatoms. The van der Waals surface area contributed by atoms with Gasteiger partial charge in [0.25, 0.3) is 0 Å². The second kappa shape index (κ2) is 9.47. The number of benzene rings is 1. The van der Waals surface area contributed by atoms with E-state index in [4.69, 9.17) is 11.6 Å². The molecule has 0 aromatic heterocycles. The lowest BCUT2D eigenvalue weighted by molar-refractivity contribution is -0.149. The van der Waals surface area contributed by atoms with Crippen LogP contribution < -0.4 is 10.6 Å². The number of nitrogens with zero attached hydrogens (tertiary/aromatic N) is 1. The molecule has 4 atom stereocenters. The Labute approximate surface area is 178 Å². The van der Waals surface area contributed by atoms with Crippen molar-refractivity contribution in [1.82, 2.24) is 15.5 Å². The van der Waals surface area contributed by atoms with Crippen LogP contribution in [0.15, 0.2) is 24.3 Å². The summed E-state index contributed by atoms with van der Waals surface area (Å²) in [4.78, 5) is 27.2. The van der Waals surface area contributed by atoms with Crippen LogP contribution in [0.2, 0.25) is 5.02 Å². The Morgan fingerprint density at radius 2 is 2.04 bits per heavy atom. The van der Waals surface area contributed by atoms with Gasteiger partial charge >= 0.3 is 0 Å². The first-order valence-electron chi connectivity index (χ1n) is 10.2. The van der Waals surface area contributed by atoms with Crippen LogP contribution in [0.25, 0.3) is 0 Å². The number of rotatable bonds is 5. The number of aryl methyl sites for hydroxylation is 1. The Hall–Kier alpha value is -1.30. The second-order valence-corrected chi connectivity index (χ2v) is 8.54. The maximum Gasteiger partial charge on any atom is 0.223 e. The van der Waals surface area contributed by atoms with E-state index < -0.39 is 0 Å². The van der Waals surface area contributed by atoms with Gasteiger partial charge in [-0.3, -0.25) is 9.59 Å². The number of halogens is 2. The van der Waals surface area contributed by atoms with Crippen LogP contribution in [-0.4, -0.2) is 48.4 Å². The second-order valence-electron chi connectivity index (χ2n) is 8.14. The fourth-order valence-corrected chi connectivity index (χ4v) is 5.38. The molecule has 3 aliphatic rings. The zero-order chi connectivity index (χ0) is 18.8. The van der Waals surface area contributed by atoms with E-state index in [0.29, 0.717) is 48.7 Å². The Balaban J connectivity index is 0.00000225. The third kappa shape index (κ3) is 4.47. The molecule has 5 nitrogen and oxygen atoms in total. The largest absolute Gasteiger partial charge is 0.354 e. The van der Waals surface area contributed by atoms with Gasteiger partial charge in [0, 0.05) is 37.0 Å². The van der Waals surface area contributed by atoms with Crippen molar-refractivity contribution in [3.05, 3.63) is 34.9 Å². The van der Waals surface area contributed by atoms with E-state index >= 15 is 0 Å². The summed E-state index contributed by atoms with van der Waals surface area (Å²) in [5, 5.41) is 7.34. The summed E-state index contributed by atoms with van der Waals surface area (Å²) >= 11 is 6.17. The zero-order valence-electron chi connectivity index (χ0n) is 16.0. The molecule has 3 fully saturated rings. The standard InChI is InChI=1S/C21H28ClN3O2.ClH/c22-17-5-2-1-4-14(17)8-9-20(26)24-13-19-16-10-15(11-23-12-16)18-6-3-7-21(27)25(18)19;/h1-2,4-5,15-16,18-19,23H,3,6-13H2,(H,24,26);1H/t15-,16+,18+,19+;/m1./s1. The molecular formula is C21H29Cl2N3O2. The lowest BCUT2D eigenvalue weighted by Gasteiger charge is -2.54. The van der Waals surface area contributed by atoms with Gasteiger partial charge in [-0.1, -0.05) is 29.8 Å². The molecule has 2 amide bonds. The number of fused-ring (bicyclic) bond motifs is 4. The van der Waals surface area contributed by atoms with E-state index in [2.05, 4.69) is 15.5 Å². The molecule has 0 saturated carbocycles. The first-order valence-corrected chi connectivity index (χ1v) is 10.5. The van der Waals surface area contributed by atoms with Crippen molar-refractivity contribution in [2.45, 2.75) is 50.6 Å². The van der Waals surface area contributed by atoms with E-state index in [1.165, 1.54) is 6.42 Å². The van der Waals surface area contributed by atoms with Gasteiger partial charge in [-0.15, -0.1) is 12.4 Å². The molecular weight excluding hydrogens is 397 g/mol. The van der Waals surface area contributed by atoms with Crippen LogP contribution in [-0.2, 0) is 16.0 Å². The number of piperidine rings is 3. The van der Waals surface area contributed by atoms with Crippen LogP contribution >= 0.6 is 24.0 Å². The van der Waals surface area contributed by atoms with Gasteiger partial charge < -0.3 is 15.5 Å². The topological polar surface area (TPSA) is 61.4 Å². The molecule has 0 spiro atoms. The highest BCUT2D eigenvalue weighted by Gasteiger charge is 2.47. The maximum absolute atomic E-state index is 12.6. The quantitative estimate of drug-likeness (QED) is 0.761. The summed E-state index contributed by atoms with van der Waals surface area (Å²) < 4.78 is 0. The Kier molecular flexibility index (Phi) is 7.24. The molecule has 1 aromatic rings. The first-order chi connectivity index (χ1) is 13.1. The molecule has 1 aromatic carbocycles. The van der Waals surface area contributed by atoms with E-state index in [1.54, 1.807) is 0 Å².